The van der Waals surface area contributed by atoms with Gasteiger partial charge in [0.15, 0.2) is 0 Å². The summed E-state index contributed by atoms with van der Waals surface area (Å²) in [4.78, 5) is 13.7. The fourth-order valence-electron chi connectivity index (χ4n) is 3.78. The van der Waals surface area contributed by atoms with Crippen molar-refractivity contribution in [1.29, 1.82) is 0 Å². The van der Waals surface area contributed by atoms with Crippen LogP contribution in [0.5, 0.6) is 0 Å². The Balaban J connectivity index is 1.59. The number of likely N-dealkylation sites (tertiary alicyclic amines) is 1. The van der Waals surface area contributed by atoms with Crippen molar-refractivity contribution in [3.05, 3.63) is 12.4 Å². The van der Waals surface area contributed by atoms with Crippen molar-refractivity contribution in [3.63, 3.8) is 0 Å². The number of piperidine rings is 1. The minimum absolute atomic E-state index is 0.358. The Kier molecular flexibility index (Phi) is 6.10. The van der Waals surface area contributed by atoms with E-state index < -0.39 is 7.12 Å². The summed E-state index contributed by atoms with van der Waals surface area (Å²) in [6, 6.07) is 0. The molecule has 0 saturated carbocycles. The molecule has 150 valence electrons. The summed E-state index contributed by atoms with van der Waals surface area (Å²) in [6.45, 7) is 13.1. The summed E-state index contributed by atoms with van der Waals surface area (Å²) in [5.41, 5.74) is 5.85. The van der Waals surface area contributed by atoms with Crippen LogP contribution in [0, 0.1) is 5.92 Å². The maximum Gasteiger partial charge on any atom is 0.498 e. The lowest BCUT2D eigenvalue weighted by Gasteiger charge is -2.34. The Morgan fingerprint density at radius 1 is 1.22 bits per heavy atom. The van der Waals surface area contributed by atoms with E-state index in [0.29, 0.717) is 5.92 Å². The van der Waals surface area contributed by atoms with Crippen molar-refractivity contribution in [2.45, 2.75) is 51.7 Å². The molecule has 3 heterocycles. The fraction of sp³-hybridized carbons (Fsp3) is 0.789. The molecule has 8 heteroatoms. The molecule has 7 nitrogen and oxygen atoms in total. The van der Waals surface area contributed by atoms with Gasteiger partial charge in [0, 0.05) is 51.1 Å². The van der Waals surface area contributed by atoms with Crippen LogP contribution >= 0.6 is 0 Å². The van der Waals surface area contributed by atoms with Crippen LogP contribution < -0.4 is 16.1 Å². The first-order valence-electron chi connectivity index (χ1n) is 10.0. The highest BCUT2D eigenvalue weighted by Crippen LogP contribution is 2.36. The topological polar surface area (TPSA) is 76.7 Å². The molecule has 2 saturated heterocycles. The minimum Gasteiger partial charge on any atom is -0.399 e. The summed E-state index contributed by atoms with van der Waals surface area (Å²) in [6.07, 6.45) is 6.13. The van der Waals surface area contributed by atoms with Crippen LogP contribution in [0.3, 0.4) is 0 Å². The second-order valence-electron chi connectivity index (χ2n) is 8.88. The summed E-state index contributed by atoms with van der Waals surface area (Å²) >= 11 is 0. The molecule has 0 aromatic carbocycles. The minimum atomic E-state index is -0.419. The van der Waals surface area contributed by atoms with E-state index >= 15 is 0 Å². The summed E-state index contributed by atoms with van der Waals surface area (Å²) < 4.78 is 12.2. The first-order valence-corrected chi connectivity index (χ1v) is 10.0. The molecule has 1 aromatic rings. The lowest BCUT2D eigenvalue weighted by molar-refractivity contribution is 0.00578. The van der Waals surface area contributed by atoms with E-state index in [1.807, 2.05) is 40.1 Å². The quantitative estimate of drug-likeness (QED) is 0.740. The molecule has 0 amide bonds. The third kappa shape index (κ3) is 4.62. The van der Waals surface area contributed by atoms with Crippen LogP contribution in [0.15, 0.2) is 12.4 Å². The molecule has 0 aliphatic carbocycles. The number of hydrogen-bond donors (Lipinski definition) is 1. The third-order valence-corrected chi connectivity index (χ3v) is 6.11. The van der Waals surface area contributed by atoms with E-state index in [0.717, 1.165) is 44.1 Å². The van der Waals surface area contributed by atoms with Crippen LogP contribution in [-0.2, 0) is 9.31 Å². The van der Waals surface area contributed by atoms with Crippen LogP contribution in [0.2, 0.25) is 0 Å². The van der Waals surface area contributed by atoms with Crippen molar-refractivity contribution in [2.24, 2.45) is 11.7 Å². The van der Waals surface area contributed by atoms with Crippen molar-refractivity contribution >= 4 is 18.5 Å². The van der Waals surface area contributed by atoms with Gasteiger partial charge in [0.2, 0.25) is 5.95 Å². The maximum atomic E-state index is 6.08. The molecule has 2 fully saturated rings. The lowest BCUT2D eigenvalue weighted by atomic mass is 9.81. The predicted octanol–water partition coefficient (Wildman–Crippen LogP) is 0.883. The monoisotopic (exact) mass is 375 g/mol. The van der Waals surface area contributed by atoms with Crippen molar-refractivity contribution in [1.82, 2.24) is 14.9 Å². The molecule has 27 heavy (non-hydrogen) atoms. The highest BCUT2D eigenvalue weighted by atomic mass is 16.7. The molecule has 2 aliphatic heterocycles. The van der Waals surface area contributed by atoms with Gasteiger partial charge >= 0.3 is 7.12 Å². The van der Waals surface area contributed by atoms with Gasteiger partial charge in [-0.15, -0.1) is 0 Å². The second kappa shape index (κ2) is 8.03. The zero-order valence-electron chi connectivity index (χ0n) is 17.4. The number of nitrogens with zero attached hydrogens (tertiary/aromatic N) is 4. The van der Waals surface area contributed by atoms with E-state index in [2.05, 4.69) is 26.8 Å². The molecule has 1 aromatic heterocycles. The van der Waals surface area contributed by atoms with Gasteiger partial charge in [-0.2, -0.15) is 0 Å². The average molecular weight is 375 g/mol. The number of hydrogen-bond acceptors (Lipinski definition) is 7. The molecule has 2 N–H and O–H groups in total. The van der Waals surface area contributed by atoms with Gasteiger partial charge in [-0.05, 0) is 53.0 Å². The normalized spacial score (nSPS) is 25.0. The molecule has 0 bridgehead atoms. The van der Waals surface area contributed by atoms with E-state index in [9.17, 15) is 0 Å². The van der Waals surface area contributed by atoms with Gasteiger partial charge < -0.3 is 24.8 Å². The Labute approximate surface area is 163 Å². The Morgan fingerprint density at radius 3 is 2.44 bits per heavy atom. The Morgan fingerprint density at radius 2 is 1.85 bits per heavy atom. The number of aromatic nitrogens is 2. The van der Waals surface area contributed by atoms with E-state index in [-0.39, 0.29) is 11.2 Å². The van der Waals surface area contributed by atoms with Crippen LogP contribution in [0.4, 0.5) is 5.95 Å². The Hall–Kier alpha value is -1.22. The van der Waals surface area contributed by atoms with Crippen molar-refractivity contribution in [3.8, 4) is 0 Å². The smallest absolute Gasteiger partial charge is 0.399 e. The van der Waals surface area contributed by atoms with Gasteiger partial charge in [0.25, 0.3) is 0 Å². The standard InChI is InChI=1S/C19H34BN5O2/c1-18(2)19(3,4)27-20(26-18)16-11-22-17(23-12-16)24(5)13-15-7-6-9-25(14-15)10-8-21/h11-12,15H,6-10,13-14,21H2,1-5H3. The van der Waals surface area contributed by atoms with E-state index in [1.165, 1.54) is 12.8 Å². The predicted molar refractivity (Wildman–Crippen MR) is 109 cm³/mol. The largest absolute Gasteiger partial charge is 0.498 e. The fourth-order valence-corrected chi connectivity index (χ4v) is 3.78. The van der Waals surface area contributed by atoms with Gasteiger partial charge in [0.1, 0.15) is 0 Å². The maximum absolute atomic E-state index is 6.08. The van der Waals surface area contributed by atoms with Crippen molar-refractivity contribution in [2.75, 3.05) is 44.7 Å². The zero-order chi connectivity index (χ0) is 19.7. The summed E-state index contributed by atoms with van der Waals surface area (Å²) in [5.74, 6) is 1.37. The van der Waals surface area contributed by atoms with E-state index in [1.54, 1.807) is 0 Å². The molecule has 1 unspecified atom stereocenters. The SMILES string of the molecule is CN(CC1CCCN(CCN)C1)c1ncc(B2OC(C)(C)C(C)(C)O2)cn1. The van der Waals surface area contributed by atoms with Crippen molar-refractivity contribution < 1.29 is 9.31 Å². The first-order chi connectivity index (χ1) is 12.7. The summed E-state index contributed by atoms with van der Waals surface area (Å²) in [5, 5.41) is 0. The number of rotatable bonds is 6. The molecule has 3 rings (SSSR count). The lowest BCUT2D eigenvalue weighted by Crippen LogP contribution is -2.42. The second-order valence-corrected chi connectivity index (χ2v) is 8.88. The van der Waals surface area contributed by atoms with Gasteiger partial charge in [-0.1, -0.05) is 0 Å². The number of nitrogens with two attached hydrogens (primary N) is 1. The van der Waals surface area contributed by atoms with E-state index in [4.69, 9.17) is 15.0 Å². The van der Waals surface area contributed by atoms with Gasteiger partial charge in [-0.25, -0.2) is 9.97 Å². The average Bonchev–Trinajstić information content (AvgIpc) is 2.83. The first kappa shape index (κ1) is 20.5. The third-order valence-electron chi connectivity index (χ3n) is 6.11. The van der Waals surface area contributed by atoms with Gasteiger partial charge in [-0.3, -0.25) is 0 Å². The van der Waals surface area contributed by atoms with Crippen LogP contribution in [0.25, 0.3) is 0 Å². The molecule has 0 spiro atoms. The molecule has 2 aliphatic rings. The Bertz CT molecular complexity index is 607. The molecular weight excluding hydrogens is 341 g/mol. The number of anilines is 1. The van der Waals surface area contributed by atoms with Crippen LogP contribution in [0.1, 0.15) is 40.5 Å². The zero-order valence-corrected chi connectivity index (χ0v) is 17.4. The summed E-state index contributed by atoms with van der Waals surface area (Å²) in [7, 11) is 1.64. The highest BCUT2D eigenvalue weighted by Gasteiger charge is 2.51. The molecular formula is C19H34BN5O2. The molecule has 0 radical (unpaired) electrons. The highest BCUT2D eigenvalue weighted by molar-refractivity contribution is 6.61. The molecule has 1 atom stereocenters. The van der Waals surface area contributed by atoms with Crippen LogP contribution in [-0.4, -0.2) is 73.0 Å². The van der Waals surface area contributed by atoms with Gasteiger partial charge in [0.05, 0.1) is 11.2 Å².